The van der Waals surface area contributed by atoms with Crippen LogP contribution in [0, 0.1) is 11.2 Å². The van der Waals surface area contributed by atoms with E-state index in [-0.39, 0.29) is 46.7 Å². The molecule has 2 aliphatic heterocycles. The van der Waals surface area contributed by atoms with Crippen molar-refractivity contribution in [1.29, 1.82) is 0 Å². The van der Waals surface area contributed by atoms with E-state index in [2.05, 4.69) is 15.1 Å². The van der Waals surface area contributed by atoms with Crippen molar-refractivity contribution < 1.29 is 23.5 Å². The Hall–Kier alpha value is -3.43. The number of aromatic nitrogens is 2. The van der Waals surface area contributed by atoms with Gasteiger partial charge in [-0.25, -0.2) is 9.18 Å². The molecule has 0 N–H and O–H groups in total. The first-order chi connectivity index (χ1) is 17.8. The van der Waals surface area contributed by atoms with Gasteiger partial charge in [-0.3, -0.25) is 4.79 Å². The maximum Gasteiger partial charge on any atom is 0.410 e. The van der Waals surface area contributed by atoms with Gasteiger partial charge in [-0.1, -0.05) is 0 Å². The van der Waals surface area contributed by atoms with Gasteiger partial charge in [0.25, 0.3) is 11.8 Å². The molecule has 9 nitrogen and oxygen atoms in total. The molecule has 2 saturated heterocycles. The molecular weight excluding hydrogens is 489 g/mol. The van der Waals surface area contributed by atoms with Gasteiger partial charge in [-0.2, -0.15) is 5.10 Å². The normalized spacial score (nSPS) is 16.7. The first-order valence-electron chi connectivity index (χ1n) is 13.1. The molecule has 1 aromatic carbocycles. The molecule has 38 heavy (non-hydrogen) atoms. The average molecular weight is 528 g/mol. The van der Waals surface area contributed by atoms with Gasteiger partial charge in [0, 0.05) is 43.7 Å². The Morgan fingerprint density at radius 2 is 1.76 bits per heavy atom. The van der Waals surface area contributed by atoms with Gasteiger partial charge in [0.2, 0.25) is 0 Å². The van der Waals surface area contributed by atoms with Gasteiger partial charge in [0.15, 0.2) is 0 Å². The van der Waals surface area contributed by atoms with Gasteiger partial charge in [0.05, 0.1) is 11.8 Å². The minimum atomic E-state index is -0.529. The van der Waals surface area contributed by atoms with Gasteiger partial charge in [0.1, 0.15) is 22.9 Å². The smallest absolute Gasteiger partial charge is 0.410 e. The summed E-state index contributed by atoms with van der Waals surface area (Å²) in [7, 11) is 0. The van der Waals surface area contributed by atoms with Crippen molar-refractivity contribution >= 4 is 17.7 Å². The fourth-order valence-electron chi connectivity index (χ4n) is 5.31. The lowest BCUT2D eigenvalue weighted by Gasteiger charge is -2.47. The minimum absolute atomic E-state index is 0.0243. The van der Waals surface area contributed by atoms with Crippen molar-refractivity contribution in [1.82, 2.24) is 20.0 Å². The van der Waals surface area contributed by atoms with Gasteiger partial charge in [-0.05, 0) is 79.2 Å². The zero-order chi connectivity index (χ0) is 27.8. The summed E-state index contributed by atoms with van der Waals surface area (Å²) in [5.74, 6) is -0.368. The zero-order valence-corrected chi connectivity index (χ0v) is 23.3. The lowest BCUT2D eigenvalue weighted by molar-refractivity contribution is -0.0266. The number of likely N-dealkylation sites (tertiary alicyclic amines) is 1. The molecule has 0 atom stereocenters. The van der Waals surface area contributed by atoms with Crippen LogP contribution in [0.5, 0.6) is 11.6 Å². The van der Waals surface area contributed by atoms with Crippen LogP contribution in [0.2, 0.25) is 0 Å². The van der Waals surface area contributed by atoms with Gasteiger partial charge < -0.3 is 24.2 Å². The summed E-state index contributed by atoms with van der Waals surface area (Å²) in [6, 6.07) is 5.60. The number of carbonyl (C=O) groups excluding carboxylic acids is 2. The van der Waals surface area contributed by atoms with Crippen LogP contribution in [0.4, 0.5) is 14.9 Å². The number of amides is 2. The van der Waals surface area contributed by atoms with Crippen LogP contribution in [0.15, 0.2) is 30.5 Å². The Labute approximate surface area is 223 Å². The third kappa shape index (κ3) is 5.84. The summed E-state index contributed by atoms with van der Waals surface area (Å²) in [5, 5.41) is 8.21. The van der Waals surface area contributed by atoms with E-state index in [4.69, 9.17) is 9.47 Å². The Morgan fingerprint density at radius 1 is 1.08 bits per heavy atom. The molecule has 10 heteroatoms. The lowest BCUT2D eigenvalue weighted by atomic mass is 9.79. The zero-order valence-electron chi connectivity index (χ0n) is 23.3. The highest BCUT2D eigenvalue weighted by atomic mass is 19.1. The van der Waals surface area contributed by atoms with Crippen molar-refractivity contribution in [2.45, 2.75) is 72.6 Å². The minimum Gasteiger partial charge on any atom is -0.444 e. The molecule has 0 aliphatic carbocycles. The fourth-order valence-corrected chi connectivity index (χ4v) is 5.31. The number of hydrogen-bond donors (Lipinski definition) is 0. The van der Waals surface area contributed by atoms with E-state index >= 15 is 0 Å². The molecule has 2 aromatic rings. The van der Waals surface area contributed by atoms with Gasteiger partial charge >= 0.3 is 6.09 Å². The van der Waals surface area contributed by atoms with E-state index in [1.54, 1.807) is 16.0 Å². The van der Waals surface area contributed by atoms with Crippen molar-refractivity contribution in [2.75, 3.05) is 31.1 Å². The first kappa shape index (κ1) is 27.6. The van der Waals surface area contributed by atoms with Crippen molar-refractivity contribution in [3.8, 4) is 11.6 Å². The molecule has 0 saturated carbocycles. The SMILES string of the molecule is CC(C)N(C(=O)c1cc(F)ccc1Oc1nnccc1N1CCC2(CN(C(=O)OC(C)(C)C)C2)C1)C(C)C. The number of carbonyl (C=O) groups is 2. The van der Waals surface area contributed by atoms with Crippen LogP contribution < -0.4 is 9.64 Å². The van der Waals surface area contributed by atoms with Crippen LogP contribution in [0.1, 0.15) is 65.2 Å². The quantitative estimate of drug-likeness (QED) is 0.516. The number of nitrogens with zero attached hydrogens (tertiary/aromatic N) is 5. The van der Waals surface area contributed by atoms with Crippen molar-refractivity contribution in [3.05, 3.63) is 41.8 Å². The summed E-state index contributed by atoms with van der Waals surface area (Å²) < 4.78 is 25.9. The molecule has 4 rings (SSSR count). The van der Waals surface area contributed by atoms with E-state index in [0.717, 1.165) is 25.2 Å². The van der Waals surface area contributed by atoms with Crippen LogP contribution in [-0.4, -0.2) is 75.9 Å². The molecule has 0 bridgehead atoms. The number of anilines is 1. The highest BCUT2D eigenvalue weighted by Gasteiger charge is 2.50. The largest absolute Gasteiger partial charge is 0.444 e. The summed E-state index contributed by atoms with van der Waals surface area (Å²) in [6.07, 6.45) is 2.21. The number of ether oxygens (including phenoxy) is 2. The maximum atomic E-state index is 14.2. The number of hydrogen-bond acceptors (Lipinski definition) is 7. The molecule has 2 fully saturated rings. The Bertz CT molecular complexity index is 1180. The highest BCUT2D eigenvalue weighted by Crippen LogP contribution is 2.44. The molecular formula is C28H38FN5O4. The molecule has 2 amide bonds. The summed E-state index contributed by atoms with van der Waals surface area (Å²) in [5.41, 5.74) is 0.316. The maximum absolute atomic E-state index is 14.2. The van der Waals surface area contributed by atoms with Crippen molar-refractivity contribution in [2.24, 2.45) is 5.41 Å². The topological polar surface area (TPSA) is 88.1 Å². The standard InChI is InChI=1S/C28H38FN5O4/c1-18(2)34(19(3)4)25(35)21-14-20(29)8-9-23(21)37-24-22(10-12-30-31-24)32-13-11-28(15-32)16-33(17-28)26(36)38-27(5,6)7/h8-10,12,14,18-19H,11,13,15-17H2,1-7H3. The number of benzene rings is 1. The van der Waals surface area contributed by atoms with E-state index in [9.17, 15) is 14.0 Å². The number of rotatable bonds is 6. The predicted molar refractivity (Wildman–Crippen MR) is 142 cm³/mol. The molecule has 1 aromatic heterocycles. The molecule has 2 aliphatic rings. The monoisotopic (exact) mass is 527 g/mol. The van der Waals surface area contributed by atoms with Gasteiger partial charge in [-0.15, -0.1) is 5.10 Å². The molecule has 206 valence electrons. The van der Waals surface area contributed by atoms with Crippen LogP contribution in [0.25, 0.3) is 0 Å². The second-order valence-electron chi connectivity index (χ2n) is 11.9. The third-order valence-corrected chi connectivity index (χ3v) is 6.88. The second kappa shape index (κ2) is 10.4. The van der Waals surface area contributed by atoms with E-state index < -0.39 is 11.4 Å². The average Bonchev–Trinajstić information content (AvgIpc) is 3.24. The predicted octanol–water partition coefficient (Wildman–Crippen LogP) is 5.11. The third-order valence-electron chi connectivity index (χ3n) is 6.88. The highest BCUT2D eigenvalue weighted by molar-refractivity contribution is 5.97. The second-order valence-corrected chi connectivity index (χ2v) is 11.9. The van der Waals surface area contributed by atoms with E-state index in [1.165, 1.54) is 18.2 Å². The summed E-state index contributed by atoms with van der Waals surface area (Å²) >= 11 is 0. The van der Waals surface area contributed by atoms with Crippen LogP contribution in [-0.2, 0) is 4.74 Å². The molecule has 0 radical (unpaired) electrons. The fraction of sp³-hybridized carbons (Fsp3) is 0.571. The van der Waals surface area contributed by atoms with E-state index in [1.807, 2.05) is 54.5 Å². The van der Waals surface area contributed by atoms with Crippen LogP contribution >= 0.6 is 0 Å². The number of halogens is 1. The van der Waals surface area contributed by atoms with Crippen LogP contribution in [0.3, 0.4) is 0 Å². The molecule has 0 unspecified atom stereocenters. The summed E-state index contributed by atoms with van der Waals surface area (Å²) in [4.78, 5) is 31.4. The summed E-state index contributed by atoms with van der Waals surface area (Å²) in [6.45, 7) is 16.0. The lowest BCUT2D eigenvalue weighted by Crippen LogP contribution is -2.60. The first-order valence-corrected chi connectivity index (χ1v) is 13.1. The Balaban J connectivity index is 1.52. The van der Waals surface area contributed by atoms with E-state index in [0.29, 0.717) is 13.1 Å². The van der Waals surface area contributed by atoms with Crippen molar-refractivity contribution in [3.63, 3.8) is 0 Å². The molecule has 3 heterocycles. The Kier molecular flexibility index (Phi) is 7.54. The molecule has 1 spiro atoms. The Morgan fingerprint density at radius 3 is 2.39 bits per heavy atom.